The van der Waals surface area contributed by atoms with Gasteiger partial charge in [-0.3, -0.25) is 9.69 Å². The van der Waals surface area contributed by atoms with Crippen LogP contribution in [0.15, 0.2) is 16.8 Å². The highest BCUT2D eigenvalue weighted by Gasteiger charge is 2.27. The van der Waals surface area contributed by atoms with E-state index < -0.39 is 0 Å². The SMILES string of the molecule is O=C(CCc1ccsc1)N[C@H]1CCCN(C2CCCCCC2)C1. The minimum absolute atomic E-state index is 0.226. The van der Waals surface area contributed by atoms with Gasteiger partial charge in [0.1, 0.15) is 0 Å². The third kappa shape index (κ3) is 5.32. The topological polar surface area (TPSA) is 32.3 Å². The normalized spacial score (nSPS) is 24.3. The molecule has 1 aliphatic carbocycles. The molecule has 1 N–H and O–H groups in total. The van der Waals surface area contributed by atoms with Crippen molar-refractivity contribution in [3.05, 3.63) is 22.4 Å². The molecule has 2 aliphatic rings. The monoisotopic (exact) mass is 334 g/mol. The van der Waals surface area contributed by atoms with Crippen molar-refractivity contribution in [3.8, 4) is 0 Å². The Bertz CT molecular complexity index is 466. The Morgan fingerprint density at radius 3 is 2.74 bits per heavy atom. The Morgan fingerprint density at radius 1 is 1.17 bits per heavy atom. The first kappa shape index (κ1) is 17.0. The van der Waals surface area contributed by atoms with Gasteiger partial charge in [0.15, 0.2) is 0 Å². The predicted molar refractivity (Wildman–Crippen MR) is 96.9 cm³/mol. The molecule has 1 saturated carbocycles. The van der Waals surface area contributed by atoms with E-state index in [4.69, 9.17) is 0 Å². The maximum absolute atomic E-state index is 12.2. The molecule has 4 heteroatoms. The third-order valence-electron chi connectivity index (χ3n) is 5.38. The van der Waals surface area contributed by atoms with Crippen LogP contribution in [0.4, 0.5) is 0 Å². The molecule has 1 saturated heterocycles. The van der Waals surface area contributed by atoms with Crippen LogP contribution >= 0.6 is 11.3 Å². The lowest BCUT2D eigenvalue weighted by Crippen LogP contribution is -2.50. The Kier molecular flexibility index (Phi) is 6.52. The van der Waals surface area contributed by atoms with Gasteiger partial charge in [0.25, 0.3) is 0 Å². The molecule has 0 unspecified atom stereocenters. The molecule has 23 heavy (non-hydrogen) atoms. The van der Waals surface area contributed by atoms with Crippen LogP contribution in [0.5, 0.6) is 0 Å². The van der Waals surface area contributed by atoms with Crippen LogP contribution in [-0.4, -0.2) is 36.0 Å². The number of likely N-dealkylation sites (tertiary alicyclic amines) is 1. The molecule has 0 spiro atoms. The average molecular weight is 335 g/mol. The van der Waals surface area contributed by atoms with E-state index in [0.29, 0.717) is 12.5 Å². The van der Waals surface area contributed by atoms with Crippen molar-refractivity contribution in [1.29, 1.82) is 0 Å². The number of hydrogen-bond acceptors (Lipinski definition) is 3. The Labute approximate surface area is 144 Å². The van der Waals surface area contributed by atoms with Gasteiger partial charge >= 0.3 is 0 Å². The summed E-state index contributed by atoms with van der Waals surface area (Å²) < 4.78 is 0. The fraction of sp³-hybridized carbons (Fsp3) is 0.737. The van der Waals surface area contributed by atoms with Gasteiger partial charge in [-0.25, -0.2) is 0 Å². The smallest absolute Gasteiger partial charge is 0.220 e. The zero-order valence-electron chi connectivity index (χ0n) is 14.1. The van der Waals surface area contributed by atoms with E-state index in [9.17, 15) is 4.79 Å². The largest absolute Gasteiger partial charge is 0.352 e. The van der Waals surface area contributed by atoms with Crippen LogP contribution in [-0.2, 0) is 11.2 Å². The molecular weight excluding hydrogens is 304 g/mol. The number of thiophene rings is 1. The molecule has 2 heterocycles. The van der Waals surface area contributed by atoms with E-state index in [-0.39, 0.29) is 5.91 Å². The van der Waals surface area contributed by atoms with Crippen LogP contribution in [0.2, 0.25) is 0 Å². The van der Waals surface area contributed by atoms with Gasteiger partial charge in [-0.05, 0) is 61.0 Å². The zero-order chi connectivity index (χ0) is 15.9. The Morgan fingerprint density at radius 2 is 2.00 bits per heavy atom. The summed E-state index contributed by atoms with van der Waals surface area (Å²) in [6, 6.07) is 3.25. The van der Waals surface area contributed by atoms with Crippen molar-refractivity contribution in [2.45, 2.75) is 76.3 Å². The molecule has 0 radical (unpaired) electrons. The molecule has 0 bridgehead atoms. The maximum Gasteiger partial charge on any atom is 0.220 e. The fourth-order valence-corrected chi connectivity index (χ4v) is 4.77. The number of rotatable bonds is 5. The predicted octanol–water partition coefficient (Wildman–Crippen LogP) is 3.98. The van der Waals surface area contributed by atoms with Gasteiger partial charge in [0, 0.05) is 25.0 Å². The molecule has 1 aliphatic heterocycles. The van der Waals surface area contributed by atoms with Crippen LogP contribution < -0.4 is 5.32 Å². The highest BCUT2D eigenvalue weighted by Crippen LogP contribution is 2.24. The molecule has 3 nitrogen and oxygen atoms in total. The lowest BCUT2D eigenvalue weighted by Gasteiger charge is -2.38. The molecule has 1 atom stereocenters. The lowest BCUT2D eigenvalue weighted by molar-refractivity contribution is -0.122. The Hall–Kier alpha value is -0.870. The van der Waals surface area contributed by atoms with Gasteiger partial charge in [0.2, 0.25) is 5.91 Å². The summed E-state index contributed by atoms with van der Waals surface area (Å²) in [5.41, 5.74) is 1.29. The summed E-state index contributed by atoms with van der Waals surface area (Å²) in [6.45, 7) is 2.29. The van der Waals surface area contributed by atoms with Gasteiger partial charge in [-0.2, -0.15) is 11.3 Å². The summed E-state index contributed by atoms with van der Waals surface area (Å²) in [6.07, 6.45) is 12.2. The number of carbonyl (C=O) groups excluding carboxylic acids is 1. The number of aryl methyl sites for hydroxylation is 1. The molecular formula is C19H30N2OS. The molecule has 1 aromatic rings. The van der Waals surface area contributed by atoms with Crippen molar-refractivity contribution in [3.63, 3.8) is 0 Å². The standard InChI is InChI=1S/C19H30N2OS/c22-19(10-9-16-11-13-23-15-16)20-17-6-5-12-21(14-17)18-7-3-1-2-4-8-18/h11,13,15,17-18H,1-10,12,14H2,(H,20,22)/t17-/m0/s1. The van der Waals surface area contributed by atoms with Crippen LogP contribution in [0.25, 0.3) is 0 Å². The van der Waals surface area contributed by atoms with Gasteiger partial charge in [-0.1, -0.05) is 25.7 Å². The second-order valence-corrected chi connectivity index (χ2v) is 7.96. The summed E-state index contributed by atoms with van der Waals surface area (Å²) in [7, 11) is 0. The molecule has 0 aromatic carbocycles. The van der Waals surface area contributed by atoms with Crippen molar-refractivity contribution in [1.82, 2.24) is 10.2 Å². The van der Waals surface area contributed by atoms with Crippen molar-refractivity contribution >= 4 is 17.2 Å². The first-order chi connectivity index (χ1) is 11.3. The van der Waals surface area contributed by atoms with E-state index >= 15 is 0 Å². The van der Waals surface area contributed by atoms with Crippen LogP contribution in [0, 0.1) is 0 Å². The van der Waals surface area contributed by atoms with Crippen molar-refractivity contribution in [2.24, 2.45) is 0 Å². The Balaban J connectivity index is 1.43. The number of nitrogens with one attached hydrogen (secondary N) is 1. The summed E-state index contributed by atoms with van der Waals surface area (Å²) in [4.78, 5) is 14.9. The summed E-state index contributed by atoms with van der Waals surface area (Å²) in [5.74, 6) is 0.226. The molecule has 2 fully saturated rings. The first-order valence-electron chi connectivity index (χ1n) is 9.36. The van der Waals surface area contributed by atoms with Crippen molar-refractivity contribution in [2.75, 3.05) is 13.1 Å². The van der Waals surface area contributed by atoms with E-state index in [1.165, 1.54) is 57.1 Å². The van der Waals surface area contributed by atoms with Crippen molar-refractivity contribution < 1.29 is 4.79 Å². The minimum Gasteiger partial charge on any atom is -0.352 e. The second-order valence-electron chi connectivity index (χ2n) is 7.18. The first-order valence-corrected chi connectivity index (χ1v) is 10.3. The van der Waals surface area contributed by atoms with E-state index in [1.54, 1.807) is 11.3 Å². The average Bonchev–Trinajstić information content (AvgIpc) is 2.93. The number of hydrogen-bond donors (Lipinski definition) is 1. The van der Waals surface area contributed by atoms with E-state index in [2.05, 4.69) is 27.0 Å². The zero-order valence-corrected chi connectivity index (χ0v) is 15.0. The van der Waals surface area contributed by atoms with Gasteiger partial charge in [0.05, 0.1) is 0 Å². The van der Waals surface area contributed by atoms with E-state index in [1.807, 2.05) is 0 Å². The second kappa shape index (κ2) is 8.84. The highest BCUT2D eigenvalue weighted by molar-refractivity contribution is 7.07. The van der Waals surface area contributed by atoms with Crippen LogP contribution in [0.1, 0.15) is 63.4 Å². The van der Waals surface area contributed by atoms with Crippen LogP contribution in [0.3, 0.4) is 0 Å². The van der Waals surface area contributed by atoms with Gasteiger partial charge in [-0.15, -0.1) is 0 Å². The summed E-state index contributed by atoms with van der Waals surface area (Å²) in [5, 5.41) is 7.51. The highest BCUT2D eigenvalue weighted by atomic mass is 32.1. The molecule has 1 aromatic heterocycles. The lowest BCUT2D eigenvalue weighted by atomic mass is 9.99. The molecule has 128 valence electrons. The maximum atomic E-state index is 12.2. The third-order valence-corrected chi connectivity index (χ3v) is 6.11. The van der Waals surface area contributed by atoms with Gasteiger partial charge < -0.3 is 5.32 Å². The number of carbonyl (C=O) groups is 1. The minimum atomic E-state index is 0.226. The number of nitrogens with zero attached hydrogens (tertiary/aromatic N) is 1. The number of amides is 1. The quantitative estimate of drug-likeness (QED) is 0.826. The van der Waals surface area contributed by atoms with E-state index in [0.717, 1.165) is 25.4 Å². The fourth-order valence-electron chi connectivity index (χ4n) is 4.07. The molecule has 3 rings (SSSR count). The summed E-state index contributed by atoms with van der Waals surface area (Å²) >= 11 is 1.71. The molecule has 1 amide bonds. The number of piperidine rings is 1.